The largest absolute Gasteiger partial charge is 0.490 e. The first-order chi connectivity index (χ1) is 19.4. The number of carbonyl (C=O) groups is 2. The van der Waals surface area contributed by atoms with Crippen LogP contribution in [0.3, 0.4) is 0 Å². The molecule has 12 nitrogen and oxygen atoms in total. The number of amides is 2. The Morgan fingerprint density at radius 3 is 2.61 bits per heavy atom. The topological polar surface area (TPSA) is 171 Å². The molecule has 41 heavy (non-hydrogen) atoms. The highest BCUT2D eigenvalue weighted by Gasteiger charge is 2.36. The number of nitrogens with zero attached hydrogens (tertiary/aromatic N) is 4. The van der Waals surface area contributed by atoms with Crippen LogP contribution in [-0.2, 0) is 27.2 Å². The monoisotopic (exact) mass is 584 g/mol. The predicted molar refractivity (Wildman–Crippen MR) is 138 cm³/mol. The molecule has 6 N–H and O–H groups in total. The number of nitrogens with two attached hydrogens (primary N) is 2. The number of ether oxygens (including phenoxy) is 2. The van der Waals surface area contributed by atoms with Gasteiger partial charge in [-0.1, -0.05) is 0 Å². The number of halogens is 4. The number of likely N-dealkylation sites (N-methyl/N-ethyl adjacent to an activating group) is 1. The number of nitrogens with one attached hydrogen (secondary N) is 2. The van der Waals surface area contributed by atoms with Crippen LogP contribution < -0.4 is 26.9 Å². The van der Waals surface area contributed by atoms with Gasteiger partial charge >= 0.3 is 6.18 Å². The summed E-state index contributed by atoms with van der Waals surface area (Å²) in [5.41, 5.74) is 6.31. The molecule has 0 bridgehead atoms. The summed E-state index contributed by atoms with van der Waals surface area (Å²) < 4.78 is 61.5. The SMILES string of the molecule is CNC(=O)/C(N)=C/N(N)C[C@H](F)CCc1ccc(NC(=O)Cc2cc(OC3CC(OCC(F)(F)F)C3)ccn2)nn1. The maximum atomic E-state index is 14.3. The van der Waals surface area contributed by atoms with Gasteiger partial charge in [0.15, 0.2) is 5.82 Å². The van der Waals surface area contributed by atoms with E-state index in [-0.39, 0.29) is 43.4 Å². The number of rotatable bonds is 14. The van der Waals surface area contributed by atoms with Crippen molar-refractivity contribution in [2.75, 3.05) is 25.5 Å². The molecule has 1 atom stereocenters. The molecule has 2 aromatic rings. The van der Waals surface area contributed by atoms with Crippen molar-refractivity contribution in [1.29, 1.82) is 0 Å². The van der Waals surface area contributed by atoms with E-state index in [1.807, 2.05) is 0 Å². The van der Waals surface area contributed by atoms with Crippen molar-refractivity contribution in [3.05, 3.63) is 53.7 Å². The van der Waals surface area contributed by atoms with Crippen molar-refractivity contribution in [2.24, 2.45) is 11.6 Å². The van der Waals surface area contributed by atoms with Gasteiger partial charge in [-0.3, -0.25) is 14.6 Å². The molecule has 0 unspecified atom stereocenters. The lowest BCUT2D eigenvalue weighted by Crippen LogP contribution is -2.41. The van der Waals surface area contributed by atoms with Crippen LogP contribution in [0.1, 0.15) is 30.7 Å². The van der Waals surface area contributed by atoms with Crippen LogP contribution in [0.15, 0.2) is 42.4 Å². The first-order valence-electron chi connectivity index (χ1n) is 12.7. The Kier molecular flexibility index (Phi) is 11.2. The fraction of sp³-hybridized carbons (Fsp3) is 0.480. The van der Waals surface area contributed by atoms with Crippen LogP contribution in [0.5, 0.6) is 5.75 Å². The summed E-state index contributed by atoms with van der Waals surface area (Å²) in [6.07, 6.45) is -2.90. The molecule has 0 saturated heterocycles. The number of alkyl halides is 4. The van der Waals surface area contributed by atoms with E-state index in [1.165, 1.54) is 19.3 Å². The Morgan fingerprint density at radius 2 is 1.95 bits per heavy atom. The molecular formula is C25H32F4N8O4. The lowest BCUT2D eigenvalue weighted by molar-refractivity contribution is -0.199. The van der Waals surface area contributed by atoms with E-state index in [1.54, 1.807) is 18.2 Å². The van der Waals surface area contributed by atoms with Gasteiger partial charge in [0, 0.05) is 38.4 Å². The zero-order chi connectivity index (χ0) is 30.0. The fourth-order valence-electron chi connectivity index (χ4n) is 3.75. The highest BCUT2D eigenvalue weighted by atomic mass is 19.4. The summed E-state index contributed by atoms with van der Waals surface area (Å²) >= 11 is 0. The van der Waals surface area contributed by atoms with Crippen LogP contribution in [-0.4, -0.2) is 76.8 Å². The molecule has 2 amide bonds. The summed E-state index contributed by atoms with van der Waals surface area (Å²) in [6, 6.07) is 6.32. The summed E-state index contributed by atoms with van der Waals surface area (Å²) in [5.74, 6) is 5.37. The molecule has 16 heteroatoms. The van der Waals surface area contributed by atoms with Crippen LogP contribution >= 0.6 is 0 Å². The third kappa shape index (κ3) is 11.2. The lowest BCUT2D eigenvalue weighted by atomic mass is 9.92. The number of hydrogen-bond acceptors (Lipinski definition) is 10. The van der Waals surface area contributed by atoms with Crippen molar-refractivity contribution in [3.63, 3.8) is 0 Å². The van der Waals surface area contributed by atoms with Gasteiger partial charge in [-0.15, -0.1) is 5.10 Å². The van der Waals surface area contributed by atoms with Crippen LogP contribution in [0.4, 0.5) is 23.4 Å². The summed E-state index contributed by atoms with van der Waals surface area (Å²) in [5, 5.41) is 13.9. The average molecular weight is 585 g/mol. The number of anilines is 1. The zero-order valence-electron chi connectivity index (χ0n) is 22.2. The second-order valence-electron chi connectivity index (χ2n) is 9.37. The van der Waals surface area contributed by atoms with E-state index in [2.05, 4.69) is 25.8 Å². The first kappa shape index (κ1) is 31.5. The molecule has 2 heterocycles. The van der Waals surface area contributed by atoms with Gasteiger partial charge in [0.25, 0.3) is 5.91 Å². The van der Waals surface area contributed by atoms with Crippen LogP contribution in [0.25, 0.3) is 0 Å². The number of hydrazine groups is 1. The molecule has 0 aromatic carbocycles. The Bertz CT molecular complexity index is 1190. The quantitative estimate of drug-likeness (QED) is 0.111. The second kappa shape index (κ2) is 14.5. The van der Waals surface area contributed by atoms with Crippen molar-refractivity contribution in [2.45, 2.75) is 56.7 Å². The maximum Gasteiger partial charge on any atom is 0.411 e. The van der Waals surface area contributed by atoms with Crippen molar-refractivity contribution >= 4 is 17.6 Å². The third-order valence-corrected chi connectivity index (χ3v) is 5.87. The van der Waals surface area contributed by atoms with E-state index in [9.17, 15) is 27.2 Å². The Labute approximate surface area is 233 Å². The van der Waals surface area contributed by atoms with Gasteiger partial charge in [0.1, 0.15) is 30.3 Å². The van der Waals surface area contributed by atoms with Crippen molar-refractivity contribution in [1.82, 2.24) is 25.5 Å². The standard InChI is InChI=1S/C25H32F4N8O4/c1-32-24(39)21(30)13-37(31)12-15(26)2-3-16-4-5-22(36-35-16)34-23(38)9-17-8-18(6-7-33-17)41-20-10-19(11-20)40-14-25(27,28)29/h4-8,13,15,19-20H,2-3,9-12,14,30-31H2,1H3,(H,32,39)(H,34,36,38)/b21-13-/t15-,19?,20?/m1/s1. The van der Waals surface area contributed by atoms with E-state index in [0.717, 1.165) is 11.2 Å². The minimum absolute atomic E-state index is 0.0827. The van der Waals surface area contributed by atoms with Gasteiger partial charge in [0.2, 0.25) is 5.91 Å². The molecular weight excluding hydrogens is 552 g/mol. The molecule has 224 valence electrons. The van der Waals surface area contributed by atoms with Gasteiger partial charge in [0.05, 0.1) is 30.5 Å². The second-order valence-corrected chi connectivity index (χ2v) is 9.37. The zero-order valence-corrected chi connectivity index (χ0v) is 22.2. The molecule has 0 aliphatic heterocycles. The lowest BCUT2D eigenvalue weighted by Gasteiger charge is -2.35. The smallest absolute Gasteiger partial charge is 0.411 e. The molecule has 2 aromatic heterocycles. The van der Waals surface area contributed by atoms with Crippen LogP contribution in [0.2, 0.25) is 0 Å². The van der Waals surface area contributed by atoms with E-state index < -0.39 is 36.9 Å². The number of hydrogen-bond donors (Lipinski definition) is 4. The van der Waals surface area contributed by atoms with E-state index in [4.69, 9.17) is 21.1 Å². The van der Waals surface area contributed by atoms with Gasteiger partial charge in [-0.2, -0.15) is 18.3 Å². The Hall–Kier alpha value is -4.05. The minimum Gasteiger partial charge on any atom is -0.490 e. The van der Waals surface area contributed by atoms with Crippen molar-refractivity contribution < 1.29 is 36.6 Å². The summed E-state index contributed by atoms with van der Waals surface area (Å²) in [6.45, 7) is -1.47. The maximum absolute atomic E-state index is 14.3. The predicted octanol–water partition coefficient (Wildman–Crippen LogP) is 1.53. The summed E-state index contributed by atoms with van der Waals surface area (Å²) in [4.78, 5) is 28.0. The molecule has 3 rings (SSSR count). The molecule has 1 aliphatic carbocycles. The normalized spacial score (nSPS) is 17.8. The molecule has 0 spiro atoms. The average Bonchev–Trinajstić information content (AvgIpc) is 2.88. The van der Waals surface area contributed by atoms with Crippen molar-refractivity contribution in [3.8, 4) is 5.75 Å². The first-order valence-corrected chi connectivity index (χ1v) is 12.7. The minimum atomic E-state index is -4.36. The molecule has 1 fully saturated rings. The van der Waals surface area contributed by atoms with E-state index in [0.29, 0.717) is 30.0 Å². The Balaban J connectivity index is 1.39. The fourth-order valence-corrected chi connectivity index (χ4v) is 3.75. The number of pyridine rings is 1. The highest BCUT2D eigenvalue weighted by Crippen LogP contribution is 2.30. The van der Waals surface area contributed by atoms with Crippen LogP contribution in [0, 0.1) is 0 Å². The van der Waals surface area contributed by atoms with Gasteiger partial charge in [-0.05, 0) is 31.0 Å². The molecule has 0 radical (unpaired) electrons. The van der Waals surface area contributed by atoms with Gasteiger partial charge < -0.3 is 30.8 Å². The number of carbonyl (C=O) groups excluding carboxylic acids is 2. The summed E-state index contributed by atoms with van der Waals surface area (Å²) in [7, 11) is 1.41. The number of aryl methyl sites for hydroxylation is 1. The Morgan fingerprint density at radius 1 is 1.20 bits per heavy atom. The highest BCUT2D eigenvalue weighted by molar-refractivity contribution is 5.92. The number of aromatic nitrogens is 3. The van der Waals surface area contributed by atoms with E-state index >= 15 is 0 Å². The van der Waals surface area contributed by atoms with Gasteiger partial charge in [-0.25, -0.2) is 10.2 Å². The molecule has 1 saturated carbocycles. The third-order valence-electron chi connectivity index (χ3n) is 5.87. The molecule has 1 aliphatic rings.